The Hall–Kier alpha value is -2.87. The first kappa shape index (κ1) is 17.0. The highest BCUT2D eigenvalue weighted by atomic mass is 32.2. The van der Waals surface area contributed by atoms with Crippen LogP contribution in [0.3, 0.4) is 0 Å². The van der Waals surface area contributed by atoms with Crippen LogP contribution in [0.25, 0.3) is 5.82 Å². The summed E-state index contributed by atoms with van der Waals surface area (Å²) in [6.07, 6.45) is 6.38. The quantitative estimate of drug-likeness (QED) is 0.750. The van der Waals surface area contributed by atoms with Crippen molar-refractivity contribution in [2.75, 3.05) is 6.26 Å². The van der Waals surface area contributed by atoms with Gasteiger partial charge < -0.3 is 9.88 Å². The minimum absolute atomic E-state index is 0.246. The number of aryl methyl sites for hydroxylation is 1. The summed E-state index contributed by atoms with van der Waals surface area (Å²) in [5.41, 5.74) is 1.28. The van der Waals surface area contributed by atoms with Gasteiger partial charge in [-0.1, -0.05) is 12.1 Å². The first-order valence-corrected chi connectivity index (χ1v) is 9.48. The highest BCUT2D eigenvalue weighted by molar-refractivity contribution is 7.90. The SMILES string of the molecule is Cn1ncc(C(=O)NCc2ccc(S(C)(=O)=O)cc2)c1-n1cccc1. The van der Waals surface area contributed by atoms with E-state index < -0.39 is 9.84 Å². The summed E-state index contributed by atoms with van der Waals surface area (Å²) in [5, 5.41) is 6.99. The first-order valence-electron chi connectivity index (χ1n) is 7.59. The highest BCUT2D eigenvalue weighted by Crippen LogP contribution is 2.14. The monoisotopic (exact) mass is 358 g/mol. The van der Waals surface area contributed by atoms with Crippen molar-refractivity contribution in [3.8, 4) is 5.82 Å². The summed E-state index contributed by atoms with van der Waals surface area (Å²) >= 11 is 0. The summed E-state index contributed by atoms with van der Waals surface area (Å²) in [4.78, 5) is 12.8. The van der Waals surface area contributed by atoms with Gasteiger partial charge in [0.1, 0.15) is 11.4 Å². The molecule has 1 aromatic carbocycles. The second-order valence-corrected chi connectivity index (χ2v) is 7.71. The molecule has 0 radical (unpaired) electrons. The number of nitrogens with one attached hydrogen (secondary N) is 1. The lowest BCUT2D eigenvalue weighted by molar-refractivity contribution is 0.0951. The Morgan fingerprint density at radius 1 is 1.16 bits per heavy atom. The van der Waals surface area contributed by atoms with Crippen LogP contribution in [0.15, 0.2) is 59.9 Å². The Kier molecular flexibility index (Phi) is 4.45. The van der Waals surface area contributed by atoms with Crippen LogP contribution < -0.4 is 5.32 Å². The van der Waals surface area contributed by atoms with Gasteiger partial charge in [0.15, 0.2) is 9.84 Å². The van der Waals surface area contributed by atoms with Gasteiger partial charge in [-0.2, -0.15) is 5.10 Å². The van der Waals surface area contributed by atoms with E-state index in [1.165, 1.54) is 18.3 Å². The number of nitrogens with zero attached hydrogens (tertiary/aromatic N) is 3. The molecule has 0 atom stereocenters. The van der Waals surface area contributed by atoms with E-state index in [0.717, 1.165) is 11.8 Å². The zero-order chi connectivity index (χ0) is 18.0. The van der Waals surface area contributed by atoms with Crippen LogP contribution in [-0.2, 0) is 23.4 Å². The number of hydrogen-bond acceptors (Lipinski definition) is 4. The number of carbonyl (C=O) groups is 1. The van der Waals surface area contributed by atoms with Crippen LogP contribution in [0.2, 0.25) is 0 Å². The molecule has 3 aromatic rings. The van der Waals surface area contributed by atoms with Crippen molar-refractivity contribution in [3.05, 3.63) is 66.1 Å². The van der Waals surface area contributed by atoms with Gasteiger partial charge in [-0.25, -0.2) is 8.42 Å². The molecule has 0 saturated heterocycles. The van der Waals surface area contributed by atoms with Gasteiger partial charge in [0.05, 0.1) is 11.1 Å². The summed E-state index contributed by atoms with van der Waals surface area (Å²) in [6, 6.07) is 10.2. The number of benzene rings is 1. The van der Waals surface area contributed by atoms with Crippen LogP contribution in [0.5, 0.6) is 0 Å². The van der Waals surface area contributed by atoms with Gasteiger partial charge in [0.25, 0.3) is 5.91 Å². The van der Waals surface area contributed by atoms with Gasteiger partial charge in [-0.05, 0) is 29.8 Å². The van der Waals surface area contributed by atoms with Crippen LogP contribution >= 0.6 is 0 Å². The predicted molar refractivity (Wildman–Crippen MR) is 93.3 cm³/mol. The van der Waals surface area contributed by atoms with Gasteiger partial charge >= 0.3 is 0 Å². The number of aromatic nitrogens is 3. The Morgan fingerprint density at radius 3 is 2.40 bits per heavy atom. The topological polar surface area (TPSA) is 86.0 Å². The van der Waals surface area contributed by atoms with Crippen molar-refractivity contribution in [2.45, 2.75) is 11.4 Å². The second kappa shape index (κ2) is 6.56. The third-order valence-corrected chi connectivity index (χ3v) is 4.93. The van der Waals surface area contributed by atoms with Gasteiger partial charge in [-0.15, -0.1) is 0 Å². The largest absolute Gasteiger partial charge is 0.348 e. The van der Waals surface area contributed by atoms with E-state index in [-0.39, 0.29) is 10.8 Å². The Balaban J connectivity index is 1.74. The maximum Gasteiger partial charge on any atom is 0.256 e. The van der Waals surface area contributed by atoms with Crippen molar-refractivity contribution in [3.63, 3.8) is 0 Å². The molecule has 25 heavy (non-hydrogen) atoms. The summed E-state index contributed by atoms with van der Waals surface area (Å²) in [7, 11) is -1.45. The molecule has 0 bridgehead atoms. The Bertz CT molecular complexity index is 987. The molecule has 3 rings (SSSR count). The number of rotatable bonds is 5. The van der Waals surface area contributed by atoms with Gasteiger partial charge in [-0.3, -0.25) is 9.48 Å². The lowest BCUT2D eigenvalue weighted by Crippen LogP contribution is -2.24. The van der Waals surface area contributed by atoms with Gasteiger partial charge in [0.2, 0.25) is 0 Å². The smallest absolute Gasteiger partial charge is 0.256 e. The first-order chi connectivity index (χ1) is 11.9. The fraction of sp³-hybridized carbons (Fsp3) is 0.176. The van der Waals surface area contributed by atoms with Crippen molar-refractivity contribution in [2.24, 2.45) is 7.05 Å². The van der Waals surface area contributed by atoms with E-state index in [1.807, 2.05) is 29.1 Å². The third-order valence-electron chi connectivity index (χ3n) is 3.81. The molecule has 8 heteroatoms. The van der Waals surface area contributed by atoms with Gasteiger partial charge in [0, 0.05) is 32.2 Å². The lowest BCUT2D eigenvalue weighted by atomic mass is 10.2. The molecule has 1 amide bonds. The number of amides is 1. The molecule has 0 unspecified atom stereocenters. The lowest BCUT2D eigenvalue weighted by Gasteiger charge is -2.09. The Labute approximate surface area is 145 Å². The fourth-order valence-electron chi connectivity index (χ4n) is 2.51. The second-order valence-electron chi connectivity index (χ2n) is 5.69. The molecule has 0 fully saturated rings. The molecular weight excluding hydrogens is 340 g/mol. The standard InChI is InChI=1S/C17H18N4O3S/c1-20-17(21-9-3-4-10-21)15(12-19-20)16(22)18-11-13-5-7-14(8-6-13)25(2,23)24/h3-10,12H,11H2,1-2H3,(H,18,22). The van der Waals surface area contributed by atoms with Crippen LogP contribution in [0.1, 0.15) is 15.9 Å². The normalized spacial score (nSPS) is 11.4. The average molecular weight is 358 g/mol. The van der Waals surface area contributed by atoms with Crippen molar-refractivity contribution in [1.29, 1.82) is 0 Å². The summed E-state index contributed by atoms with van der Waals surface area (Å²) < 4.78 is 26.4. The molecule has 0 saturated carbocycles. The van der Waals surface area contributed by atoms with E-state index in [2.05, 4.69) is 10.4 Å². The molecular formula is C17H18N4O3S. The minimum Gasteiger partial charge on any atom is -0.348 e. The Morgan fingerprint density at radius 2 is 1.80 bits per heavy atom. The highest BCUT2D eigenvalue weighted by Gasteiger charge is 2.17. The van der Waals surface area contributed by atoms with E-state index in [4.69, 9.17) is 0 Å². The van der Waals surface area contributed by atoms with Crippen molar-refractivity contribution < 1.29 is 13.2 Å². The summed E-state index contributed by atoms with van der Waals surface area (Å²) in [6.45, 7) is 0.295. The molecule has 2 heterocycles. The fourth-order valence-corrected chi connectivity index (χ4v) is 3.14. The number of carbonyl (C=O) groups excluding carboxylic acids is 1. The molecule has 0 aliphatic carbocycles. The third kappa shape index (κ3) is 3.63. The minimum atomic E-state index is -3.22. The molecule has 1 N–H and O–H groups in total. The molecule has 130 valence electrons. The van der Waals surface area contributed by atoms with E-state index in [9.17, 15) is 13.2 Å². The van der Waals surface area contributed by atoms with E-state index >= 15 is 0 Å². The number of hydrogen-bond donors (Lipinski definition) is 1. The zero-order valence-electron chi connectivity index (χ0n) is 13.9. The van der Waals surface area contributed by atoms with E-state index in [1.54, 1.807) is 23.9 Å². The summed E-state index contributed by atoms with van der Waals surface area (Å²) in [5.74, 6) is 0.430. The molecule has 0 aliphatic heterocycles. The molecule has 0 aliphatic rings. The van der Waals surface area contributed by atoms with E-state index in [0.29, 0.717) is 17.9 Å². The van der Waals surface area contributed by atoms with Crippen LogP contribution in [0.4, 0.5) is 0 Å². The molecule has 2 aromatic heterocycles. The van der Waals surface area contributed by atoms with Crippen LogP contribution in [-0.4, -0.2) is 34.9 Å². The van der Waals surface area contributed by atoms with Crippen molar-refractivity contribution >= 4 is 15.7 Å². The maximum absolute atomic E-state index is 12.5. The average Bonchev–Trinajstić information content (AvgIpc) is 3.21. The molecule has 0 spiro atoms. The van der Waals surface area contributed by atoms with Crippen molar-refractivity contribution in [1.82, 2.24) is 19.7 Å². The van der Waals surface area contributed by atoms with Crippen LogP contribution in [0, 0.1) is 0 Å². The molecule has 7 nitrogen and oxygen atoms in total. The number of sulfone groups is 1. The maximum atomic E-state index is 12.5. The zero-order valence-corrected chi connectivity index (χ0v) is 14.7. The predicted octanol–water partition coefficient (Wildman–Crippen LogP) is 1.54.